The minimum absolute atomic E-state index is 0.0464. The lowest BCUT2D eigenvalue weighted by molar-refractivity contribution is -0.119. The second-order valence-corrected chi connectivity index (χ2v) is 12.1. The number of aryl methyl sites for hydroxylation is 4. The Balaban J connectivity index is 1.58. The van der Waals surface area contributed by atoms with E-state index in [9.17, 15) is 13.2 Å². The van der Waals surface area contributed by atoms with Gasteiger partial charge >= 0.3 is 0 Å². The van der Waals surface area contributed by atoms with Crippen molar-refractivity contribution in [2.75, 3.05) is 18.0 Å². The third-order valence-electron chi connectivity index (χ3n) is 6.93. The van der Waals surface area contributed by atoms with Gasteiger partial charge in [-0.1, -0.05) is 35.4 Å². The number of nitrogens with zero attached hydrogens (tertiary/aromatic N) is 3. The zero-order valence-corrected chi connectivity index (χ0v) is 25.5. The first-order valence-electron chi connectivity index (χ1n) is 12.9. The standard InChI is InChI=1S/C31H33ClN4O4S/c1-20-7-12-28(13-8-20)41(38,39)35(26-11-14-30(40-6)29(32)17-26)19-31(37)34-33-18-25-16-23(4)36(24(25)5)27-10-9-21(2)22(3)15-27/h7-18H,19H2,1-6H3,(H,34,37)/b33-18-. The van der Waals surface area contributed by atoms with Crippen LogP contribution in [0.1, 0.15) is 33.6 Å². The molecule has 1 heterocycles. The van der Waals surface area contributed by atoms with E-state index in [2.05, 4.69) is 47.1 Å². The van der Waals surface area contributed by atoms with E-state index < -0.39 is 22.5 Å². The minimum Gasteiger partial charge on any atom is -0.495 e. The monoisotopic (exact) mass is 592 g/mol. The number of aromatic nitrogens is 1. The zero-order chi connectivity index (χ0) is 29.9. The third kappa shape index (κ3) is 6.47. The summed E-state index contributed by atoms with van der Waals surface area (Å²) in [5, 5.41) is 4.35. The smallest absolute Gasteiger partial charge is 0.264 e. The van der Waals surface area contributed by atoms with Gasteiger partial charge in [0.1, 0.15) is 12.3 Å². The van der Waals surface area contributed by atoms with Gasteiger partial charge in [-0.2, -0.15) is 5.10 Å². The Morgan fingerprint density at radius 3 is 2.32 bits per heavy atom. The van der Waals surface area contributed by atoms with Crippen molar-refractivity contribution >= 4 is 39.4 Å². The lowest BCUT2D eigenvalue weighted by Crippen LogP contribution is -2.39. The van der Waals surface area contributed by atoms with Crippen molar-refractivity contribution in [3.8, 4) is 11.4 Å². The number of anilines is 1. The van der Waals surface area contributed by atoms with Gasteiger partial charge in [-0.05, 0) is 94.3 Å². The number of carbonyl (C=O) groups excluding carboxylic acids is 1. The van der Waals surface area contributed by atoms with Gasteiger partial charge in [-0.25, -0.2) is 13.8 Å². The molecule has 0 unspecified atom stereocenters. The van der Waals surface area contributed by atoms with Gasteiger partial charge in [0, 0.05) is 22.6 Å². The van der Waals surface area contributed by atoms with Crippen LogP contribution in [0.25, 0.3) is 5.69 Å². The molecule has 0 saturated carbocycles. The zero-order valence-electron chi connectivity index (χ0n) is 23.9. The molecule has 0 saturated heterocycles. The summed E-state index contributed by atoms with van der Waals surface area (Å²) in [5.41, 5.74) is 9.86. The molecule has 0 atom stereocenters. The van der Waals surface area contributed by atoms with Crippen LogP contribution in [0, 0.1) is 34.6 Å². The molecule has 41 heavy (non-hydrogen) atoms. The SMILES string of the molecule is COc1ccc(N(CC(=O)N/N=C\c2cc(C)n(-c3ccc(C)c(C)c3)c2C)S(=O)(=O)c2ccc(C)cc2)cc1Cl. The first-order chi connectivity index (χ1) is 19.4. The topological polar surface area (TPSA) is 93.0 Å². The van der Waals surface area contributed by atoms with Crippen LogP contribution < -0.4 is 14.5 Å². The minimum atomic E-state index is -4.11. The number of carbonyl (C=O) groups is 1. The van der Waals surface area contributed by atoms with Gasteiger partial charge in [0.2, 0.25) is 0 Å². The van der Waals surface area contributed by atoms with Crippen LogP contribution in [0.4, 0.5) is 5.69 Å². The van der Waals surface area contributed by atoms with E-state index >= 15 is 0 Å². The van der Waals surface area contributed by atoms with E-state index in [-0.39, 0.29) is 15.6 Å². The first-order valence-corrected chi connectivity index (χ1v) is 14.8. The predicted octanol–water partition coefficient (Wildman–Crippen LogP) is 6.03. The van der Waals surface area contributed by atoms with Gasteiger partial charge in [0.05, 0.1) is 28.9 Å². The average Bonchev–Trinajstić information content (AvgIpc) is 3.21. The number of amides is 1. The maximum atomic E-state index is 13.6. The molecule has 1 N–H and O–H groups in total. The molecule has 1 aromatic heterocycles. The Labute approximate surface area is 246 Å². The fourth-order valence-corrected chi connectivity index (χ4v) is 6.15. The third-order valence-corrected chi connectivity index (χ3v) is 9.01. The van der Waals surface area contributed by atoms with Crippen LogP contribution in [0.15, 0.2) is 76.7 Å². The molecular weight excluding hydrogens is 560 g/mol. The average molecular weight is 593 g/mol. The van der Waals surface area contributed by atoms with Crippen molar-refractivity contribution < 1.29 is 17.9 Å². The van der Waals surface area contributed by atoms with Crippen molar-refractivity contribution in [1.82, 2.24) is 9.99 Å². The quantitative estimate of drug-likeness (QED) is 0.190. The van der Waals surface area contributed by atoms with Crippen molar-refractivity contribution in [2.24, 2.45) is 5.10 Å². The van der Waals surface area contributed by atoms with Gasteiger partial charge in [-0.3, -0.25) is 9.10 Å². The van der Waals surface area contributed by atoms with Crippen LogP contribution in [0.3, 0.4) is 0 Å². The largest absolute Gasteiger partial charge is 0.495 e. The van der Waals surface area contributed by atoms with Gasteiger partial charge < -0.3 is 9.30 Å². The van der Waals surface area contributed by atoms with E-state index in [0.29, 0.717) is 5.75 Å². The molecule has 10 heteroatoms. The molecule has 0 aliphatic rings. The predicted molar refractivity (Wildman–Crippen MR) is 164 cm³/mol. The van der Waals surface area contributed by atoms with Gasteiger partial charge in [0.15, 0.2) is 0 Å². The fraction of sp³-hybridized carbons (Fsp3) is 0.226. The Bertz CT molecular complexity index is 1730. The van der Waals surface area contributed by atoms with E-state index in [1.165, 1.54) is 42.5 Å². The van der Waals surface area contributed by atoms with Crippen molar-refractivity contribution in [2.45, 2.75) is 39.5 Å². The van der Waals surface area contributed by atoms with E-state index in [1.807, 2.05) is 26.8 Å². The highest BCUT2D eigenvalue weighted by Crippen LogP contribution is 2.32. The number of ether oxygens (including phenoxy) is 1. The summed E-state index contributed by atoms with van der Waals surface area (Å²) < 4.78 is 35.6. The maximum absolute atomic E-state index is 13.6. The summed E-state index contributed by atoms with van der Waals surface area (Å²) >= 11 is 6.30. The normalized spacial score (nSPS) is 11.6. The van der Waals surface area contributed by atoms with E-state index in [4.69, 9.17) is 16.3 Å². The summed E-state index contributed by atoms with van der Waals surface area (Å²) in [6.45, 7) is 9.49. The number of hydrazone groups is 1. The second kappa shape index (κ2) is 12.2. The lowest BCUT2D eigenvalue weighted by Gasteiger charge is -2.24. The molecule has 8 nitrogen and oxygen atoms in total. The highest BCUT2D eigenvalue weighted by atomic mass is 35.5. The molecule has 1 amide bonds. The molecule has 0 aliphatic carbocycles. The summed E-state index contributed by atoms with van der Waals surface area (Å²) in [6.07, 6.45) is 1.56. The number of benzene rings is 3. The lowest BCUT2D eigenvalue weighted by atomic mass is 10.1. The molecule has 3 aromatic carbocycles. The summed E-state index contributed by atoms with van der Waals surface area (Å²) in [6, 6.07) is 19.2. The Morgan fingerprint density at radius 1 is 0.976 bits per heavy atom. The number of halogens is 1. The van der Waals surface area contributed by atoms with Crippen LogP contribution in [-0.2, 0) is 14.8 Å². The van der Waals surface area contributed by atoms with Crippen LogP contribution >= 0.6 is 11.6 Å². The number of sulfonamides is 1. The highest BCUT2D eigenvalue weighted by molar-refractivity contribution is 7.92. The van der Waals surface area contributed by atoms with Gasteiger partial charge in [-0.15, -0.1) is 0 Å². The van der Waals surface area contributed by atoms with Crippen LogP contribution in [0.2, 0.25) is 5.02 Å². The number of rotatable bonds is 9. The first kappa shape index (κ1) is 29.9. The number of hydrogen-bond acceptors (Lipinski definition) is 5. The van der Waals surface area contributed by atoms with Crippen molar-refractivity contribution in [3.63, 3.8) is 0 Å². The van der Waals surface area contributed by atoms with E-state index in [0.717, 1.165) is 32.5 Å². The van der Waals surface area contributed by atoms with Crippen LogP contribution in [0.5, 0.6) is 5.75 Å². The summed E-state index contributed by atoms with van der Waals surface area (Å²) in [4.78, 5) is 13.1. The Kier molecular flexibility index (Phi) is 8.89. The van der Waals surface area contributed by atoms with Crippen molar-refractivity contribution in [1.29, 1.82) is 0 Å². The molecule has 0 bridgehead atoms. The maximum Gasteiger partial charge on any atom is 0.264 e. The highest BCUT2D eigenvalue weighted by Gasteiger charge is 2.28. The number of hydrogen-bond donors (Lipinski definition) is 1. The number of nitrogens with one attached hydrogen (secondary N) is 1. The molecule has 0 fully saturated rings. The molecule has 0 radical (unpaired) electrons. The molecular formula is C31H33ClN4O4S. The Morgan fingerprint density at radius 2 is 1.68 bits per heavy atom. The van der Waals surface area contributed by atoms with Crippen molar-refractivity contribution in [3.05, 3.63) is 105 Å². The molecule has 4 rings (SSSR count). The van der Waals surface area contributed by atoms with Crippen LogP contribution in [-0.4, -0.2) is 38.8 Å². The Hall–Kier alpha value is -4.08. The van der Waals surface area contributed by atoms with Gasteiger partial charge in [0.25, 0.3) is 15.9 Å². The summed E-state index contributed by atoms with van der Waals surface area (Å²) in [5.74, 6) is -0.234. The number of methoxy groups -OCH3 is 1. The molecule has 4 aromatic rings. The summed E-state index contributed by atoms with van der Waals surface area (Å²) in [7, 11) is -2.64. The molecule has 0 spiro atoms. The van der Waals surface area contributed by atoms with E-state index in [1.54, 1.807) is 24.4 Å². The molecule has 0 aliphatic heterocycles. The molecule has 214 valence electrons. The fourth-order valence-electron chi connectivity index (χ4n) is 4.48. The second-order valence-electron chi connectivity index (χ2n) is 9.87.